The first-order valence-electron chi connectivity index (χ1n) is 8.95. The second kappa shape index (κ2) is 7.36. The highest BCUT2D eigenvalue weighted by Crippen LogP contribution is 2.47. The van der Waals surface area contributed by atoms with Crippen LogP contribution >= 0.6 is 0 Å². The maximum absolute atomic E-state index is 12.5. The molecule has 1 heterocycles. The predicted octanol–water partition coefficient (Wildman–Crippen LogP) is 2.15. The summed E-state index contributed by atoms with van der Waals surface area (Å²) in [6, 6.07) is -0.513. The fourth-order valence-corrected chi connectivity index (χ4v) is 3.88. The topological polar surface area (TPSA) is 73.2 Å². The third-order valence-electron chi connectivity index (χ3n) is 5.38. The second-order valence-electron chi connectivity index (χ2n) is 7.22. The van der Waals surface area contributed by atoms with Gasteiger partial charge in [0.05, 0.1) is 13.3 Å². The molecule has 1 unspecified atom stereocenters. The lowest BCUT2D eigenvalue weighted by molar-refractivity contribution is -0.145. The zero-order valence-electron chi connectivity index (χ0n) is 14.5. The van der Waals surface area contributed by atoms with Gasteiger partial charge in [-0.1, -0.05) is 32.1 Å². The largest absolute Gasteiger partial charge is 0.467 e. The highest BCUT2D eigenvalue weighted by molar-refractivity contribution is 5.88. The third-order valence-corrected chi connectivity index (χ3v) is 5.38. The van der Waals surface area contributed by atoms with Crippen molar-refractivity contribution in [2.75, 3.05) is 7.11 Å². The standard InChI is InChI=1S/C18H27N3O3/c1-21-11-13(10-19-21)14-9-15(14)17(22)20-16(18(23)24-2)8-12-6-4-3-5-7-12/h10-12,14-16H,3-9H2,1-2H3,(H,20,22)/t14-,15+,16?/m0/s1. The average Bonchev–Trinajstić information content (AvgIpc) is 3.29. The molecule has 6 nitrogen and oxygen atoms in total. The van der Waals surface area contributed by atoms with Gasteiger partial charge >= 0.3 is 5.97 Å². The molecule has 24 heavy (non-hydrogen) atoms. The van der Waals surface area contributed by atoms with Gasteiger partial charge in [-0.25, -0.2) is 4.79 Å². The van der Waals surface area contributed by atoms with Crippen molar-refractivity contribution in [2.24, 2.45) is 18.9 Å². The van der Waals surface area contributed by atoms with E-state index in [-0.39, 0.29) is 23.7 Å². The Kier molecular flexibility index (Phi) is 5.21. The number of methoxy groups -OCH3 is 1. The summed E-state index contributed by atoms with van der Waals surface area (Å²) in [7, 11) is 3.26. The number of esters is 1. The summed E-state index contributed by atoms with van der Waals surface area (Å²) in [6.45, 7) is 0. The number of hydrogen-bond acceptors (Lipinski definition) is 4. The average molecular weight is 333 g/mol. The molecule has 3 rings (SSSR count). The van der Waals surface area contributed by atoms with Gasteiger partial charge in [-0.2, -0.15) is 5.10 Å². The molecule has 0 aromatic carbocycles. The number of amides is 1. The Bertz CT molecular complexity index is 592. The molecule has 132 valence electrons. The molecule has 0 aliphatic heterocycles. The molecular formula is C18H27N3O3. The Hall–Kier alpha value is -1.85. The number of ether oxygens (including phenoxy) is 1. The Morgan fingerprint density at radius 3 is 2.75 bits per heavy atom. The van der Waals surface area contributed by atoms with Crippen molar-refractivity contribution in [1.82, 2.24) is 15.1 Å². The first-order valence-corrected chi connectivity index (χ1v) is 8.95. The van der Waals surface area contributed by atoms with Gasteiger partial charge in [-0.3, -0.25) is 9.48 Å². The molecule has 1 aromatic heterocycles. The molecule has 0 spiro atoms. The van der Waals surface area contributed by atoms with Crippen LogP contribution in [-0.4, -0.2) is 34.8 Å². The van der Waals surface area contributed by atoms with Crippen LogP contribution in [0.3, 0.4) is 0 Å². The summed E-state index contributed by atoms with van der Waals surface area (Å²) in [4.78, 5) is 24.6. The second-order valence-corrected chi connectivity index (χ2v) is 7.22. The van der Waals surface area contributed by atoms with Crippen molar-refractivity contribution in [3.05, 3.63) is 18.0 Å². The summed E-state index contributed by atoms with van der Waals surface area (Å²) in [5.74, 6) is 0.332. The van der Waals surface area contributed by atoms with Gasteiger partial charge in [0.1, 0.15) is 6.04 Å². The summed E-state index contributed by atoms with van der Waals surface area (Å²) in [5, 5.41) is 7.11. The number of aryl methyl sites for hydroxylation is 1. The molecule has 2 aliphatic rings. The summed E-state index contributed by atoms with van der Waals surface area (Å²) in [5.41, 5.74) is 1.10. The lowest BCUT2D eigenvalue weighted by Gasteiger charge is -2.25. The minimum Gasteiger partial charge on any atom is -0.467 e. The minimum atomic E-state index is -0.513. The van der Waals surface area contributed by atoms with Crippen molar-refractivity contribution in [2.45, 2.75) is 56.9 Å². The van der Waals surface area contributed by atoms with E-state index in [9.17, 15) is 9.59 Å². The lowest BCUT2D eigenvalue weighted by atomic mass is 9.85. The maximum atomic E-state index is 12.5. The number of aromatic nitrogens is 2. The SMILES string of the molecule is COC(=O)C(CC1CCCCC1)NC(=O)[C@@H]1C[C@H]1c1cnn(C)c1. The number of hydrogen-bond donors (Lipinski definition) is 1. The summed E-state index contributed by atoms with van der Waals surface area (Å²) in [6.07, 6.45) is 11.3. The molecule has 2 aliphatic carbocycles. The Morgan fingerprint density at radius 2 is 2.12 bits per heavy atom. The van der Waals surface area contributed by atoms with Crippen molar-refractivity contribution >= 4 is 11.9 Å². The van der Waals surface area contributed by atoms with Crippen LogP contribution in [0, 0.1) is 11.8 Å². The van der Waals surface area contributed by atoms with Crippen LogP contribution < -0.4 is 5.32 Å². The van der Waals surface area contributed by atoms with E-state index in [1.54, 1.807) is 4.68 Å². The monoisotopic (exact) mass is 333 g/mol. The third kappa shape index (κ3) is 3.97. The molecule has 0 bridgehead atoms. The Morgan fingerprint density at radius 1 is 1.38 bits per heavy atom. The van der Waals surface area contributed by atoms with Gasteiger partial charge in [0.25, 0.3) is 0 Å². The first-order chi connectivity index (χ1) is 11.6. The van der Waals surface area contributed by atoms with Crippen LogP contribution in [0.1, 0.15) is 56.4 Å². The Balaban J connectivity index is 1.56. The van der Waals surface area contributed by atoms with Gasteiger partial charge < -0.3 is 10.1 Å². The highest BCUT2D eigenvalue weighted by atomic mass is 16.5. The van der Waals surface area contributed by atoms with Crippen molar-refractivity contribution in [3.8, 4) is 0 Å². The first kappa shape index (κ1) is 17.0. The predicted molar refractivity (Wildman–Crippen MR) is 89.2 cm³/mol. The Labute approximate surface area is 142 Å². The van der Waals surface area contributed by atoms with Crippen LogP contribution in [-0.2, 0) is 21.4 Å². The molecule has 2 fully saturated rings. The van der Waals surface area contributed by atoms with E-state index >= 15 is 0 Å². The van der Waals surface area contributed by atoms with Crippen molar-refractivity contribution in [1.29, 1.82) is 0 Å². The number of nitrogens with one attached hydrogen (secondary N) is 1. The molecule has 0 radical (unpaired) electrons. The molecule has 1 aromatic rings. The fraction of sp³-hybridized carbons (Fsp3) is 0.722. The molecule has 1 N–H and O–H groups in total. The van der Waals surface area contributed by atoms with E-state index in [1.165, 1.54) is 26.4 Å². The van der Waals surface area contributed by atoms with Crippen LogP contribution in [0.4, 0.5) is 0 Å². The van der Waals surface area contributed by atoms with Gasteiger partial charge in [0, 0.05) is 19.2 Å². The van der Waals surface area contributed by atoms with Gasteiger partial charge in [-0.15, -0.1) is 0 Å². The van der Waals surface area contributed by atoms with Crippen LogP contribution in [0.15, 0.2) is 12.4 Å². The van der Waals surface area contributed by atoms with Crippen molar-refractivity contribution < 1.29 is 14.3 Å². The molecule has 3 atom stereocenters. The van der Waals surface area contributed by atoms with Gasteiger partial charge in [-0.05, 0) is 30.2 Å². The van der Waals surface area contributed by atoms with Crippen molar-refractivity contribution in [3.63, 3.8) is 0 Å². The summed E-state index contributed by atoms with van der Waals surface area (Å²) < 4.78 is 6.66. The molecular weight excluding hydrogens is 306 g/mol. The fourth-order valence-electron chi connectivity index (χ4n) is 3.88. The minimum absolute atomic E-state index is 0.0323. The highest BCUT2D eigenvalue weighted by Gasteiger charge is 2.45. The smallest absolute Gasteiger partial charge is 0.328 e. The van der Waals surface area contributed by atoms with E-state index in [0.717, 1.165) is 24.8 Å². The lowest BCUT2D eigenvalue weighted by Crippen LogP contribution is -2.43. The van der Waals surface area contributed by atoms with Gasteiger partial charge in [0.2, 0.25) is 5.91 Å². The van der Waals surface area contributed by atoms with E-state index in [2.05, 4.69) is 10.4 Å². The molecule has 2 saturated carbocycles. The normalized spacial score (nSPS) is 25.1. The maximum Gasteiger partial charge on any atom is 0.328 e. The molecule has 0 saturated heterocycles. The van der Waals surface area contributed by atoms with Gasteiger partial charge in [0.15, 0.2) is 0 Å². The number of carbonyl (C=O) groups excluding carboxylic acids is 2. The zero-order chi connectivity index (χ0) is 17.1. The van der Waals surface area contributed by atoms with E-state index < -0.39 is 6.04 Å². The van der Waals surface area contributed by atoms with Crippen LogP contribution in [0.2, 0.25) is 0 Å². The number of nitrogens with zero attached hydrogens (tertiary/aromatic N) is 2. The van der Waals surface area contributed by atoms with Crippen LogP contribution in [0.25, 0.3) is 0 Å². The quantitative estimate of drug-likeness (QED) is 0.810. The van der Waals surface area contributed by atoms with E-state index in [0.29, 0.717) is 12.3 Å². The molecule has 6 heteroatoms. The zero-order valence-corrected chi connectivity index (χ0v) is 14.5. The van der Waals surface area contributed by atoms with E-state index in [4.69, 9.17) is 4.74 Å². The molecule has 1 amide bonds. The summed E-state index contributed by atoms with van der Waals surface area (Å²) >= 11 is 0. The number of carbonyl (C=O) groups is 2. The van der Waals surface area contributed by atoms with Crippen LogP contribution in [0.5, 0.6) is 0 Å². The number of rotatable bonds is 6. The van der Waals surface area contributed by atoms with E-state index in [1.807, 2.05) is 19.4 Å².